The molecule has 0 radical (unpaired) electrons. The molecular formula is C15H15NO4. The largest absolute Gasteiger partial charge is 0.497 e. The molecule has 0 saturated carbocycles. The summed E-state index contributed by atoms with van der Waals surface area (Å²) >= 11 is 0. The van der Waals surface area contributed by atoms with Gasteiger partial charge in [0, 0.05) is 11.6 Å². The van der Waals surface area contributed by atoms with Gasteiger partial charge in [-0.3, -0.25) is 9.69 Å². The van der Waals surface area contributed by atoms with E-state index in [4.69, 9.17) is 9.47 Å². The molecule has 1 aromatic carbocycles. The Morgan fingerprint density at radius 2 is 1.90 bits per heavy atom. The standard InChI is InChI=1S/C15H15NO4/c1-19-9-4-2-8(3-5-9)16-14(17)12-10-6-7-11(20-10)13(12)15(16)18/h2-7,10-14,17H,1H3/t10-,11+,12-,13+,14+/m1/s1. The zero-order valence-electron chi connectivity index (χ0n) is 11.0. The van der Waals surface area contributed by atoms with E-state index in [1.165, 1.54) is 4.90 Å². The molecule has 3 heterocycles. The highest BCUT2D eigenvalue weighted by atomic mass is 16.5. The highest BCUT2D eigenvalue weighted by molar-refractivity contribution is 5.99. The summed E-state index contributed by atoms with van der Waals surface area (Å²) in [7, 11) is 1.59. The summed E-state index contributed by atoms with van der Waals surface area (Å²) in [6.45, 7) is 0. The van der Waals surface area contributed by atoms with Gasteiger partial charge < -0.3 is 14.6 Å². The van der Waals surface area contributed by atoms with Crippen LogP contribution < -0.4 is 9.64 Å². The molecule has 0 aromatic heterocycles. The monoisotopic (exact) mass is 273 g/mol. The number of fused-ring (bicyclic) bond motifs is 5. The number of carbonyl (C=O) groups is 1. The minimum Gasteiger partial charge on any atom is -0.497 e. The summed E-state index contributed by atoms with van der Waals surface area (Å²) in [5, 5.41) is 10.5. The van der Waals surface area contributed by atoms with Gasteiger partial charge in [-0.25, -0.2) is 0 Å². The van der Waals surface area contributed by atoms with E-state index < -0.39 is 6.23 Å². The van der Waals surface area contributed by atoms with Crippen LogP contribution in [-0.4, -0.2) is 36.6 Å². The number of nitrogens with zero attached hydrogens (tertiary/aromatic N) is 1. The van der Waals surface area contributed by atoms with Crippen molar-refractivity contribution in [2.45, 2.75) is 18.4 Å². The van der Waals surface area contributed by atoms with Crippen LogP contribution >= 0.6 is 0 Å². The van der Waals surface area contributed by atoms with Gasteiger partial charge in [-0.1, -0.05) is 12.2 Å². The average Bonchev–Trinajstić information content (AvgIpc) is 3.14. The van der Waals surface area contributed by atoms with Gasteiger partial charge in [0.15, 0.2) is 0 Å². The highest BCUT2D eigenvalue weighted by Crippen LogP contribution is 2.48. The molecule has 0 aliphatic carbocycles. The van der Waals surface area contributed by atoms with Crippen LogP contribution in [0, 0.1) is 11.8 Å². The fraction of sp³-hybridized carbons (Fsp3) is 0.400. The number of aliphatic hydroxyl groups excluding tert-OH is 1. The van der Waals surface area contributed by atoms with Gasteiger partial charge >= 0.3 is 0 Å². The van der Waals surface area contributed by atoms with E-state index in [0.29, 0.717) is 5.69 Å². The Hall–Kier alpha value is -1.85. The third-order valence-electron chi connectivity index (χ3n) is 4.43. The number of benzene rings is 1. The number of aliphatic hydroxyl groups is 1. The molecule has 3 aliphatic rings. The van der Waals surface area contributed by atoms with Crippen LogP contribution in [0.2, 0.25) is 0 Å². The van der Waals surface area contributed by atoms with Gasteiger partial charge in [-0.15, -0.1) is 0 Å². The van der Waals surface area contributed by atoms with Crippen molar-refractivity contribution in [3.05, 3.63) is 36.4 Å². The van der Waals surface area contributed by atoms with Crippen LogP contribution in [-0.2, 0) is 9.53 Å². The third kappa shape index (κ3) is 1.42. The Kier molecular flexibility index (Phi) is 2.43. The van der Waals surface area contributed by atoms with Crippen LogP contribution in [0.1, 0.15) is 0 Å². The summed E-state index contributed by atoms with van der Waals surface area (Å²) in [6.07, 6.45) is 2.71. The Morgan fingerprint density at radius 3 is 2.55 bits per heavy atom. The molecule has 1 N–H and O–H groups in total. The van der Waals surface area contributed by atoms with E-state index in [1.807, 2.05) is 12.2 Å². The minimum absolute atomic E-state index is 0.0653. The zero-order valence-corrected chi connectivity index (χ0v) is 11.0. The number of methoxy groups -OCH3 is 1. The van der Waals surface area contributed by atoms with E-state index in [2.05, 4.69) is 0 Å². The van der Waals surface area contributed by atoms with Crippen molar-refractivity contribution in [1.29, 1.82) is 0 Å². The zero-order chi connectivity index (χ0) is 13.9. The average molecular weight is 273 g/mol. The van der Waals surface area contributed by atoms with Crippen molar-refractivity contribution in [3.8, 4) is 5.75 Å². The van der Waals surface area contributed by atoms with Crippen molar-refractivity contribution in [2.75, 3.05) is 12.0 Å². The molecule has 2 saturated heterocycles. The first-order valence-electron chi connectivity index (χ1n) is 6.69. The fourth-order valence-electron chi connectivity index (χ4n) is 3.48. The predicted octanol–water partition coefficient (Wildman–Crippen LogP) is 0.930. The molecule has 0 spiro atoms. The SMILES string of the molecule is COc1ccc(N2C(=O)[C@@H]3[C@@H]([C@H]4C=C[C@@H]3O4)[C@@H]2O)cc1. The Labute approximate surface area is 116 Å². The van der Waals surface area contributed by atoms with Gasteiger partial charge in [0.1, 0.15) is 12.0 Å². The topological polar surface area (TPSA) is 59.0 Å². The van der Waals surface area contributed by atoms with Crippen LogP contribution in [0.15, 0.2) is 36.4 Å². The second-order valence-corrected chi connectivity index (χ2v) is 5.37. The number of hydrogen-bond donors (Lipinski definition) is 1. The molecular weight excluding hydrogens is 258 g/mol. The molecule has 3 aliphatic heterocycles. The molecule has 2 bridgehead atoms. The first-order valence-corrected chi connectivity index (χ1v) is 6.69. The molecule has 20 heavy (non-hydrogen) atoms. The Bertz CT molecular complexity index is 582. The molecule has 1 aromatic rings. The number of rotatable bonds is 2. The molecule has 1 amide bonds. The van der Waals surface area contributed by atoms with Gasteiger partial charge in [-0.2, -0.15) is 0 Å². The summed E-state index contributed by atoms with van der Waals surface area (Å²) in [5.74, 6) is 0.228. The Balaban J connectivity index is 1.68. The van der Waals surface area contributed by atoms with E-state index in [9.17, 15) is 9.90 Å². The molecule has 5 heteroatoms. The lowest BCUT2D eigenvalue weighted by atomic mass is 9.85. The summed E-state index contributed by atoms with van der Waals surface area (Å²) in [6, 6.07) is 7.15. The van der Waals surface area contributed by atoms with Crippen molar-refractivity contribution in [3.63, 3.8) is 0 Å². The molecule has 5 nitrogen and oxygen atoms in total. The first-order chi connectivity index (χ1) is 9.70. The van der Waals surface area contributed by atoms with Crippen LogP contribution in [0.5, 0.6) is 5.75 Å². The van der Waals surface area contributed by atoms with Crippen LogP contribution in [0.3, 0.4) is 0 Å². The lowest BCUT2D eigenvalue weighted by Crippen LogP contribution is -2.38. The van der Waals surface area contributed by atoms with Crippen LogP contribution in [0.25, 0.3) is 0 Å². The summed E-state index contributed by atoms with van der Waals surface area (Å²) < 4.78 is 10.8. The second kappa shape index (κ2) is 4.07. The van der Waals surface area contributed by atoms with Crippen LogP contribution in [0.4, 0.5) is 5.69 Å². The second-order valence-electron chi connectivity index (χ2n) is 5.37. The normalized spacial score (nSPS) is 37.6. The molecule has 5 atom stereocenters. The number of ether oxygens (including phenoxy) is 2. The van der Waals surface area contributed by atoms with Gasteiger partial charge in [0.2, 0.25) is 5.91 Å². The third-order valence-corrected chi connectivity index (χ3v) is 4.43. The number of carbonyl (C=O) groups excluding carboxylic acids is 1. The van der Waals surface area contributed by atoms with Crippen molar-refractivity contribution < 1.29 is 19.4 Å². The van der Waals surface area contributed by atoms with Crippen molar-refractivity contribution in [1.82, 2.24) is 0 Å². The first kappa shape index (κ1) is 11.9. The Morgan fingerprint density at radius 1 is 1.20 bits per heavy atom. The summed E-state index contributed by atoms with van der Waals surface area (Å²) in [4.78, 5) is 14.0. The lowest BCUT2D eigenvalue weighted by Gasteiger charge is -2.25. The summed E-state index contributed by atoms with van der Waals surface area (Å²) in [5.41, 5.74) is 0.692. The fourth-order valence-corrected chi connectivity index (χ4v) is 3.48. The van der Waals surface area contributed by atoms with Gasteiger partial charge in [-0.05, 0) is 24.3 Å². The van der Waals surface area contributed by atoms with Gasteiger partial charge in [0.25, 0.3) is 0 Å². The van der Waals surface area contributed by atoms with Crippen molar-refractivity contribution >= 4 is 11.6 Å². The highest BCUT2D eigenvalue weighted by Gasteiger charge is 2.60. The van der Waals surface area contributed by atoms with E-state index in [0.717, 1.165) is 5.75 Å². The predicted molar refractivity (Wildman–Crippen MR) is 71.3 cm³/mol. The van der Waals surface area contributed by atoms with E-state index >= 15 is 0 Å². The maximum absolute atomic E-state index is 12.6. The quantitative estimate of drug-likeness (QED) is 0.814. The molecule has 2 fully saturated rings. The maximum Gasteiger partial charge on any atom is 0.235 e. The number of anilines is 1. The van der Waals surface area contributed by atoms with Gasteiger partial charge in [0.05, 0.1) is 25.2 Å². The van der Waals surface area contributed by atoms with E-state index in [1.54, 1.807) is 31.4 Å². The van der Waals surface area contributed by atoms with E-state index in [-0.39, 0.29) is 30.0 Å². The number of amides is 1. The molecule has 4 rings (SSSR count). The maximum atomic E-state index is 12.6. The lowest BCUT2D eigenvalue weighted by molar-refractivity contribution is -0.122. The number of hydrogen-bond acceptors (Lipinski definition) is 4. The van der Waals surface area contributed by atoms with Crippen molar-refractivity contribution in [2.24, 2.45) is 11.8 Å². The minimum atomic E-state index is -0.833. The molecule has 104 valence electrons. The smallest absolute Gasteiger partial charge is 0.235 e. The molecule has 0 unspecified atom stereocenters.